The molecule has 166 valence electrons. The summed E-state index contributed by atoms with van der Waals surface area (Å²) in [5.74, 6) is 6.28. The van der Waals surface area contributed by atoms with Crippen molar-refractivity contribution >= 4 is 11.6 Å². The zero-order valence-electron chi connectivity index (χ0n) is 19.1. The van der Waals surface area contributed by atoms with Gasteiger partial charge < -0.3 is 10.1 Å². The van der Waals surface area contributed by atoms with Gasteiger partial charge in [-0.2, -0.15) is 5.26 Å². The lowest BCUT2D eigenvalue weighted by molar-refractivity contribution is 0.102. The van der Waals surface area contributed by atoms with Gasteiger partial charge >= 0.3 is 0 Å². The molecule has 1 N–H and O–H groups in total. The van der Waals surface area contributed by atoms with Crippen LogP contribution in [-0.2, 0) is 0 Å². The Bertz CT molecular complexity index is 1290. The van der Waals surface area contributed by atoms with Crippen molar-refractivity contribution in [2.75, 3.05) is 5.32 Å². The van der Waals surface area contributed by atoms with Crippen LogP contribution in [0.5, 0.6) is 11.5 Å². The number of carbonyl (C=O) groups excluding carboxylic acids is 1. The summed E-state index contributed by atoms with van der Waals surface area (Å²) in [5, 5.41) is 11.9. The Morgan fingerprint density at radius 1 is 1.03 bits per heavy atom. The van der Waals surface area contributed by atoms with Gasteiger partial charge in [0.2, 0.25) is 0 Å². The Balaban J connectivity index is 1.96. The smallest absolute Gasteiger partial charge is 0.259 e. The highest BCUT2D eigenvalue weighted by Gasteiger charge is 2.16. The summed E-state index contributed by atoms with van der Waals surface area (Å²) in [6, 6.07) is 18.0. The van der Waals surface area contributed by atoms with E-state index in [0.29, 0.717) is 39.4 Å². The molecular weight excluding hydrogens is 415 g/mol. The van der Waals surface area contributed by atoms with Crippen molar-refractivity contribution in [2.24, 2.45) is 5.41 Å². The first-order valence-electron chi connectivity index (χ1n) is 10.5. The van der Waals surface area contributed by atoms with Gasteiger partial charge in [0.25, 0.3) is 5.91 Å². The number of carbonyl (C=O) groups is 1. The first kappa shape index (κ1) is 23.6. The number of anilines is 1. The fourth-order valence-corrected chi connectivity index (χ4v) is 2.99. The van der Waals surface area contributed by atoms with E-state index in [9.17, 15) is 9.18 Å². The summed E-state index contributed by atoms with van der Waals surface area (Å²) in [7, 11) is 0. The highest BCUT2D eigenvalue weighted by atomic mass is 19.1. The average Bonchev–Trinajstić information content (AvgIpc) is 2.75. The Kier molecular flexibility index (Phi) is 7.16. The van der Waals surface area contributed by atoms with Crippen molar-refractivity contribution in [3.8, 4) is 29.4 Å². The maximum absolute atomic E-state index is 13.5. The number of nitriles is 1. The summed E-state index contributed by atoms with van der Waals surface area (Å²) in [6.07, 6.45) is 0.720. The molecule has 0 bridgehead atoms. The minimum absolute atomic E-state index is 0.0787. The van der Waals surface area contributed by atoms with Gasteiger partial charge in [-0.3, -0.25) is 4.79 Å². The second-order valence-corrected chi connectivity index (χ2v) is 8.91. The Morgan fingerprint density at radius 2 is 1.82 bits per heavy atom. The predicted molar refractivity (Wildman–Crippen MR) is 128 cm³/mol. The third kappa shape index (κ3) is 6.69. The second-order valence-electron chi connectivity index (χ2n) is 8.91. The van der Waals surface area contributed by atoms with Crippen LogP contribution in [0.2, 0.25) is 0 Å². The van der Waals surface area contributed by atoms with Gasteiger partial charge in [0.05, 0.1) is 17.2 Å². The van der Waals surface area contributed by atoms with E-state index >= 15 is 0 Å². The molecule has 0 heterocycles. The van der Waals surface area contributed by atoms with E-state index in [0.717, 1.165) is 6.42 Å². The SMILES string of the molecule is Cc1cc(F)ccc1Oc1cc(C#CCC(C)(C)C)ccc1C(=O)Nc1cccc(C#N)c1. The molecule has 0 atom stereocenters. The molecule has 3 rings (SSSR count). The Hall–Kier alpha value is -4.09. The molecule has 3 aromatic carbocycles. The fraction of sp³-hybridized carbons (Fsp3) is 0.214. The third-order valence-electron chi connectivity index (χ3n) is 4.68. The van der Waals surface area contributed by atoms with Gasteiger partial charge in [-0.15, -0.1) is 0 Å². The quantitative estimate of drug-likeness (QED) is 0.452. The summed E-state index contributed by atoms with van der Waals surface area (Å²) < 4.78 is 19.6. The summed E-state index contributed by atoms with van der Waals surface area (Å²) >= 11 is 0. The van der Waals surface area contributed by atoms with Crippen molar-refractivity contribution in [2.45, 2.75) is 34.1 Å². The lowest BCUT2D eigenvalue weighted by atomic mass is 9.92. The molecule has 0 saturated carbocycles. The van der Waals surface area contributed by atoms with Crippen molar-refractivity contribution in [3.05, 3.63) is 88.7 Å². The van der Waals surface area contributed by atoms with Gasteiger partial charge in [-0.05, 0) is 72.5 Å². The number of halogens is 1. The lowest BCUT2D eigenvalue weighted by Gasteiger charge is -2.14. The Morgan fingerprint density at radius 3 is 2.52 bits per heavy atom. The maximum atomic E-state index is 13.5. The molecular formula is C28H25FN2O2. The number of rotatable bonds is 4. The van der Waals surface area contributed by atoms with E-state index in [-0.39, 0.29) is 11.2 Å². The predicted octanol–water partition coefficient (Wildman–Crippen LogP) is 6.84. The monoisotopic (exact) mass is 440 g/mol. The molecule has 0 aliphatic heterocycles. The molecule has 0 unspecified atom stereocenters. The lowest BCUT2D eigenvalue weighted by Crippen LogP contribution is -2.13. The number of hydrogen-bond donors (Lipinski definition) is 1. The number of nitrogens with one attached hydrogen (secondary N) is 1. The third-order valence-corrected chi connectivity index (χ3v) is 4.68. The molecule has 0 spiro atoms. The first-order valence-corrected chi connectivity index (χ1v) is 10.5. The number of amides is 1. The Labute approximate surface area is 194 Å². The van der Waals surface area contributed by atoms with Crippen LogP contribution < -0.4 is 10.1 Å². The number of nitrogens with zero attached hydrogens (tertiary/aromatic N) is 1. The van der Waals surface area contributed by atoms with Crippen LogP contribution in [0, 0.1) is 41.3 Å². The van der Waals surface area contributed by atoms with E-state index < -0.39 is 5.91 Å². The van der Waals surface area contributed by atoms with Gasteiger partial charge in [-0.1, -0.05) is 38.7 Å². The first-order chi connectivity index (χ1) is 15.6. The highest BCUT2D eigenvalue weighted by Crippen LogP contribution is 2.30. The molecule has 0 aliphatic rings. The molecule has 0 fully saturated rings. The van der Waals surface area contributed by atoms with Gasteiger partial charge in [0.15, 0.2) is 0 Å². The van der Waals surface area contributed by atoms with Crippen LogP contribution in [-0.4, -0.2) is 5.91 Å². The molecule has 0 aliphatic carbocycles. The van der Waals surface area contributed by atoms with Gasteiger partial charge in [-0.25, -0.2) is 4.39 Å². The summed E-state index contributed by atoms with van der Waals surface area (Å²) in [5.41, 5.74) is 2.62. The van der Waals surface area contributed by atoms with E-state index in [1.165, 1.54) is 18.2 Å². The van der Waals surface area contributed by atoms with Crippen molar-refractivity contribution < 1.29 is 13.9 Å². The van der Waals surface area contributed by atoms with Gasteiger partial charge in [0.1, 0.15) is 17.3 Å². The van der Waals surface area contributed by atoms with Crippen LogP contribution in [0.15, 0.2) is 60.7 Å². The van der Waals surface area contributed by atoms with Crippen molar-refractivity contribution in [1.82, 2.24) is 0 Å². The highest BCUT2D eigenvalue weighted by molar-refractivity contribution is 6.06. The largest absolute Gasteiger partial charge is 0.456 e. The maximum Gasteiger partial charge on any atom is 0.259 e. The van der Waals surface area contributed by atoms with Crippen LogP contribution in [0.25, 0.3) is 0 Å². The van der Waals surface area contributed by atoms with E-state index in [1.807, 2.05) is 0 Å². The van der Waals surface area contributed by atoms with Crippen molar-refractivity contribution in [3.63, 3.8) is 0 Å². The van der Waals surface area contributed by atoms with Crippen molar-refractivity contribution in [1.29, 1.82) is 5.26 Å². The second kappa shape index (κ2) is 10.0. The average molecular weight is 441 g/mol. The molecule has 33 heavy (non-hydrogen) atoms. The standard InChI is InChI=1S/C28H25FN2O2/c1-19-15-22(29)11-13-25(19)33-26-17-20(8-6-14-28(2,3)4)10-12-24(26)27(32)31-23-9-5-7-21(16-23)18-30/h5,7,9-13,15-17H,14H2,1-4H3,(H,31,32). The molecule has 0 radical (unpaired) electrons. The summed E-state index contributed by atoms with van der Waals surface area (Å²) in [4.78, 5) is 13.1. The minimum atomic E-state index is -0.394. The topological polar surface area (TPSA) is 62.1 Å². The molecule has 4 nitrogen and oxygen atoms in total. The van der Waals surface area contributed by atoms with Crippen LogP contribution in [0.1, 0.15) is 54.2 Å². The fourth-order valence-electron chi connectivity index (χ4n) is 2.99. The molecule has 3 aromatic rings. The zero-order valence-corrected chi connectivity index (χ0v) is 19.1. The number of ether oxygens (including phenoxy) is 1. The molecule has 0 aromatic heterocycles. The summed E-state index contributed by atoms with van der Waals surface area (Å²) in [6.45, 7) is 8.07. The number of benzene rings is 3. The van der Waals surface area contributed by atoms with Crippen LogP contribution >= 0.6 is 0 Å². The molecule has 0 saturated heterocycles. The van der Waals surface area contributed by atoms with Gasteiger partial charge in [0, 0.05) is 17.7 Å². The van der Waals surface area contributed by atoms with Crippen LogP contribution in [0.4, 0.5) is 10.1 Å². The van der Waals surface area contributed by atoms with E-state index in [4.69, 9.17) is 10.00 Å². The minimum Gasteiger partial charge on any atom is -0.456 e. The normalized spacial score (nSPS) is 10.5. The number of hydrogen-bond acceptors (Lipinski definition) is 3. The molecule has 5 heteroatoms. The zero-order chi connectivity index (χ0) is 24.0. The van der Waals surface area contributed by atoms with Crippen LogP contribution in [0.3, 0.4) is 0 Å². The van der Waals surface area contributed by atoms with E-state index in [2.05, 4.69) is 44.0 Å². The number of aryl methyl sites for hydroxylation is 1. The van der Waals surface area contributed by atoms with E-state index in [1.54, 1.807) is 49.4 Å². The molecule has 1 amide bonds.